The average Bonchev–Trinajstić information content (AvgIpc) is 2.77. The molecular weight excluding hydrogens is 423 g/mol. The Kier molecular flexibility index (Phi) is 5.31. The summed E-state index contributed by atoms with van der Waals surface area (Å²) in [6.45, 7) is 0. The number of alkyl halides is 3. The molecule has 0 fully saturated rings. The number of fused-ring (bicyclic) bond motifs is 1. The second kappa shape index (κ2) is 8.10. The number of aromatic nitrogens is 2. The van der Waals surface area contributed by atoms with E-state index in [1.807, 2.05) is 0 Å². The van der Waals surface area contributed by atoms with Crippen molar-refractivity contribution in [3.8, 4) is 5.69 Å². The zero-order valence-corrected chi connectivity index (χ0v) is 16.3. The van der Waals surface area contributed by atoms with E-state index >= 15 is 0 Å². The van der Waals surface area contributed by atoms with Gasteiger partial charge in [0, 0.05) is 12.1 Å². The minimum Gasteiger partial charge on any atom is -0.268 e. The summed E-state index contributed by atoms with van der Waals surface area (Å²) in [7, 11) is 0. The van der Waals surface area contributed by atoms with Crippen molar-refractivity contribution in [1.82, 2.24) is 9.55 Å². The van der Waals surface area contributed by atoms with Crippen molar-refractivity contribution in [2.45, 2.75) is 6.18 Å². The molecule has 6 nitrogen and oxygen atoms in total. The molecule has 0 spiro atoms. The molecule has 32 heavy (non-hydrogen) atoms. The van der Waals surface area contributed by atoms with Crippen LogP contribution in [0.4, 0.5) is 18.9 Å². The van der Waals surface area contributed by atoms with Crippen LogP contribution in [0.2, 0.25) is 0 Å². The Morgan fingerprint density at radius 1 is 0.938 bits per heavy atom. The van der Waals surface area contributed by atoms with Crippen LogP contribution in [0.5, 0.6) is 0 Å². The van der Waals surface area contributed by atoms with Crippen molar-refractivity contribution < 1.29 is 18.1 Å². The predicted octanol–water partition coefficient (Wildman–Crippen LogP) is 5.48. The Morgan fingerprint density at radius 2 is 1.69 bits per heavy atom. The van der Waals surface area contributed by atoms with Crippen LogP contribution >= 0.6 is 0 Å². The number of rotatable bonds is 4. The highest BCUT2D eigenvalue weighted by molar-refractivity contribution is 5.80. The molecule has 0 amide bonds. The van der Waals surface area contributed by atoms with Crippen molar-refractivity contribution in [3.05, 3.63) is 110 Å². The van der Waals surface area contributed by atoms with Gasteiger partial charge >= 0.3 is 6.18 Å². The van der Waals surface area contributed by atoms with Gasteiger partial charge in [0.25, 0.3) is 11.2 Å². The maximum Gasteiger partial charge on any atom is 0.416 e. The highest BCUT2D eigenvalue weighted by atomic mass is 19.4. The first kappa shape index (κ1) is 21.0. The van der Waals surface area contributed by atoms with Gasteiger partial charge in [-0.3, -0.25) is 19.5 Å². The Balaban J connectivity index is 1.92. The summed E-state index contributed by atoms with van der Waals surface area (Å²) in [4.78, 5) is 28.1. The van der Waals surface area contributed by atoms with E-state index in [4.69, 9.17) is 0 Å². The van der Waals surface area contributed by atoms with Gasteiger partial charge in [-0.2, -0.15) is 13.2 Å². The van der Waals surface area contributed by atoms with E-state index in [0.717, 1.165) is 16.7 Å². The highest BCUT2D eigenvalue weighted by Crippen LogP contribution is 2.30. The molecule has 0 saturated carbocycles. The van der Waals surface area contributed by atoms with Crippen molar-refractivity contribution in [1.29, 1.82) is 0 Å². The lowest BCUT2D eigenvalue weighted by Gasteiger charge is -2.13. The normalized spacial score (nSPS) is 11.8. The van der Waals surface area contributed by atoms with Gasteiger partial charge in [-0.1, -0.05) is 36.4 Å². The fourth-order valence-corrected chi connectivity index (χ4v) is 3.25. The van der Waals surface area contributed by atoms with Gasteiger partial charge in [-0.05, 0) is 42.0 Å². The lowest BCUT2D eigenvalue weighted by Crippen LogP contribution is -2.22. The molecule has 4 rings (SSSR count). The Morgan fingerprint density at radius 3 is 2.44 bits per heavy atom. The summed E-state index contributed by atoms with van der Waals surface area (Å²) in [6.07, 6.45) is -1.64. The molecule has 0 saturated heterocycles. The molecule has 9 heteroatoms. The molecule has 160 valence electrons. The van der Waals surface area contributed by atoms with Gasteiger partial charge in [0.05, 0.1) is 27.1 Å². The number of para-hydroxylation sites is 1. The fourth-order valence-electron chi connectivity index (χ4n) is 3.25. The molecule has 0 unspecified atom stereocenters. The summed E-state index contributed by atoms with van der Waals surface area (Å²) in [6, 6.07) is 16.7. The maximum atomic E-state index is 13.2. The van der Waals surface area contributed by atoms with E-state index in [2.05, 4.69) is 4.98 Å². The maximum absolute atomic E-state index is 13.2. The SMILES string of the molecule is O=c1c2ccccc2nc(/C=C/c2cccc([N+](=O)[O-])c2)n1-c1cccc(C(F)(F)F)c1. The number of halogens is 3. The average molecular weight is 437 g/mol. The van der Waals surface area contributed by atoms with Crippen LogP contribution in [0.1, 0.15) is 17.0 Å². The molecule has 1 heterocycles. The van der Waals surface area contributed by atoms with Crippen LogP contribution in [-0.4, -0.2) is 14.5 Å². The predicted molar refractivity (Wildman–Crippen MR) is 114 cm³/mol. The van der Waals surface area contributed by atoms with E-state index in [-0.39, 0.29) is 22.6 Å². The molecule has 3 aromatic carbocycles. The minimum absolute atomic E-state index is 0.00164. The Bertz CT molecular complexity index is 1430. The number of nitro groups is 1. The van der Waals surface area contributed by atoms with E-state index in [1.54, 1.807) is 30.3 Å². The standard InChI is InChI=1S/C23H14F3N3O3/c24-23(25,26)16-6-4-7-17(14-16)28-21(27-20-10-2-1-9-19(20)22(28)30)12-11-15-5-3-8-18(13-15)29(31)32/h1-14H/b12-11+. The number of nitro benzene ring substituents is 1. The molecule has 0 radical (unpaired) electrons. The molecule has 1 aromatic heterocycles. The largest absolute Gasteiger partial charge is 0.416 e. The van der Waals surface area contributed by atoms with Gasteiger partial charge in [0.1, 0.15) is 5.82 Å². The van der Waals surface area contributed by atoms with Gasteiger partial charge in [-0.15, -0.1) is 0 Å². The van der Waals surface area contributed by atoms with Gasteiger partial charge in [-0.25, -0.2) is 4.98 Å². The zero-order valence-electron chi connectivity index (χ0n) is 16.3. The fraction of sp³-hybridized carbons (Fsp3) is 0.0435. The molecule has 0 bridgehead atoms. The zero-order chi connectivity index (χ0) is 22.9. The number of hydrogen-bond donors (Lipinski definition) is 0. The number of hydrogen-bond acceptors (Lipinski definition) is 4. The van der Waals surface area contributed by atoms with Crippen molar-refractivity contribution >= 4 is 28.7 Å². The molecule has 0 N–H and O–H groups in total. The quantitative estimate of drug-likeness (QED) is 0.313. The number of nitrogens with zero attached hydrogens (tertiary/aromatic N) is 3. The van der Waals surface area contributed by atoms with E-state index in [0.29, 0.717) is 11.1 Å². The van der Waals surface area contributed by atoms with Crippen molar-refractivity contribution in [3.63, 3.8) is 0 Å². The van der Waals surface area contributed by atoms with Crippen LogP contribution in [0.15, 0.2) is 77.6 Å². The second-order valence-corrected chi connectivity index (χ2v) is 6.86. The monoisotopic (exact) mass is 437 g/mol. The van der Waals surface area contributed by atoms with Crippen LogP contribution in [0.3, 0.4) is 0 Å². The Hall–Kier alpha value is -4.27. The lowest BCUT2D eigenvalue weighted by molar-refractivity contribution is -0.384. The Labute approximate surface area is 179 Å². The third-order valence-electron chi connectivity index (χ3n) is 4.74. The van der Waals surface area contributed by atoms with Crippen molar-refractivity contribution in [2.24, 2.45) is 0 Å². The smallest absolute Gasteiger partial charge is 0.268 e. The third-order valence-corrected chi connectivity index (χ3v) is 4.74. The lowest BCUT2D eigenvalue weighted by atomic mass is 10.1. The summed E-state index contributed by atoms with van der Waals surface area (Å²) in [5.74, 6) is 0.0829. The molecule has 0 aliphatic carbocycles. The minimum atomic E-state index is -4.58. The molecule has 4 aromatic rings. The van der Waals surface area contributed by atoms with Crippen LogP contribution in [0.25, 0.3) is 28.7 Å². The summed E-state index contributed by atoms with van der Waals surface area (Å²) < 4.78 is 40.8. The summed E-state index contributed by atoms with van der Waals surface area (Å²) in [5.41, 5.74) is -0.704. The van der Waals surface area contributed by atoms with Crippen LogP contribution < -0.4 is 5.56 Å². The van der Waals surface area contributed by atoms with Crippen LogP contribution in [-0.2, 0) is 6.18 Å². The summed E-state index contributed by atoms with van der Waals surface area (Å²) in [5, 5.41) is 11.2. The van der Waals surface area contributed by atoms with Crippen molar-refractivity contribution in [2.75, 3.05) is 0 Å². The van der Waals surface area contributed by atoms with E-state index in [1.165, 1.54) is 42.5 Å². The van der Waals surface area contributed by atoms with Crippen LogP contribution in [0, 0.1) is 10.1 Å². The van der Waals surface area contributed by atoms with E-state index < -0.39 is 22.2 Å². The van der Waals surface area contributed by atoms with E-state index in [9.17, 15) is 28.1 Å². The number of non-ortho nitro benzene ring substituents is 1. The topological polar surface area (TPSA) is 78.0 Å². The first-order valence-electron chi connectivity index (χ1n) is 9.36. The first-order chi connectivity index (χ1) is 15.2. The highest BCUT2D eigenvalue weighted by Gasteiger charge is 2.30. The molecular formula is C23H14F3N3O3. The van der Waals surface area contributed by atoms with Gasteiger partial charge < -0.3 is 0 Å². The molecule has 0 atom stereocenters. The second-order valence-electron chi connectivity index (χ2n) is 6.86. The third kappa shape index (κ3) is 4.13. The van der Waals surface area contributed by atoms with Gasteiger partial charge in [0.15, 0.2) is 0 Å². The first-order valence-corrected chi connectivity index (χ1v) is 9.36. The molecule has 0 aliphatic heterocycles. The van der Waals surface area contributed by atoms with Gasteiger partial charge in [0.2, 0.25) is 0 Å². The molecule has 0 aliphatic rings. The number of benzene rings is 3. The summed E-state index contributed by atoms with van der Waals surface area (Å²) >= 11 is 0.